The second-order valence-electron chi connectivity index (χ2n) is 5.40. The van der Waals surface area contributed by atoms with Crippen LogP contribution >= 0.6 is 15.9 Å². The molecule has 1 aliphatic rings. The molecule has 2 heteroatoms. The molecular weight excluding hydrogens is 322 g/mol. The van der Waals surface area contributed by atoms with Crippen LogP contribution in [0.15, 0.2) is 65.1 Å². The van der Waals surface area contributed by atoms with Gasteiger partial charge in [0.1, 0.15) is 0 Å². The summed E-state index contributed by atoms with van der Waals surface area (Å²) in [5.41, 5.74) is 14.6. The normalized spacial score (nSPS) is 12.0. The summed E-state index contributed by atoms with van der Waals surface area (Å²) >= 11 is 3.72. The van der Waals surface area contributed by atoms with Gasteiger partial charge in [0, 0.05) is 15.7 Å². The molecule has 0 unspecified atom stereocenters. The van der Waals surface area contributed by atoms with E-state index >= 15 is 0 Å². The van der Waals surface area contributed by atoms with E-state index in [1.807, 2.05) is 12.1 Å². The molecule has 2 N–H and O–H groups in total. The molecular formula is C19H14BrN. The minimum atomic E-state index is 0.797. The second kappa shape index (κ2) is 4.74. The van der Waals surface area contributed by atoms with Crippen LogP contribution in [0.3, 0.4) is 0 Å². The quantitative estimate of drug-likeness (QED) is 0.471. The number of hydrogen-bond acceptors (Lipinski definition) is 1. The van der Waals surface area contributed by atoms with Crippen molar-refractivity contribution in [3.8, 4) is 22.3 Å². The van der Waals surface area contributed by atoms with Crippen LogP contribution in [0.4, 0.5) is 5.69 Å². The minimum Gasteiger partial charge on any atom is -0.399 e. The van der Waals surface area contributed by atoms with Gasteiger partial charge >= 0.3 is 0 Å². The predicted molar refractivity (Wildman–Crippen MR) is 92.2 cm³/mol. The zero-order valence-corrected chi connectivity index (χ0v) is 13.0. The fraction of sp³-hybridized carbons (Fsp3) is 0.0526. The van der Waals surface area contributed by atoms with Crippen LogP contribution in [0.25, 0.3) is 22.3 Å². The third-order valence-corrected chi connectivity index (χ3v) is 4.80. The number of hydrogen-bond donors (Lipinski definition) is 1. The molecule has 3 aromatic rings. The van der Waals surface area contributed by atoms with Crippen LogP contribution in [-0.2, 0) is 6.42 Å². The monoisotopic (exact) mass is 335 g/mol. The zero-order valence-electron chi connectivity index (χ0n) is 11.4. The van der Waals surface area contributed by atoms with Gasteiger partial charge in [-0.1, -0.05) is 58.4 Å². The molecule has 102 valence electrons. The van der Waals surface area contributed by atoms with E-state index in [9.17, 15) is 0 Å². The summed E-state index contributed by atoms with van der Waals surface area (Å²) in [6.45, 7) is 0. The minimum absolute atomic E-state index is 0.797. The Labute approximate surface area is 132 Å². The molecule has 1 nitrogen and oxygen atoms in total. The van der Waals surface area contributed by atoms with E-state index in [4.69, 9.17) is 5.73 Å². The van der Waals surface area contributed by atoms with Gasteiger partial charge in [-0.25, -0.2) is 0 Å². The van der Waals surface area contributed by atoms with E-state index in [1.165, 1.54) is 33.4 Å². The maximum absolute atomic E-state index is 5.81. The summed E-state index contributed by atoms with van der Waals surface area (Å²) in [7, 11) is 0. The van der Waals surface area contributed by atoms with Crippen LogP contribution in [0.1, 0.15) is 11.1 Å². The average molecular weight is 336 g/mol. The Morgan fingerprint density at radius 1 is 0.810 bits per heavy atom. The van der Waals surface area contributed by atoms with Crippen molar-refractivity contribution in [1.29, 1.82) is 0 Å². The molecule has 0 radical (unpaired) electrons. The van der Waals surface area contributed by atoms with E-state index in [0.29, 0.717) is 0 Å². The van der Waals surface area contributed by atoms with Crippen LogP contribution in [0.2, 0.25) is 0 Å². The molecule has 0 fully saturated rings. The van der Waals surface area contributed by atoms with E-state index in [-0.39, 0.29) is 0 Å². The fourth-order valence-electron chi connectivity index (χ4n) is 3.14. The van der Waals surface area contributed by atoms with Crippen molar-refractivity contribution in [2.75, 3.05) is 5.73 Å². The first-order valence-electron chi connectivity index (χ1n) is 6.99. The molecule has 0 atom stereocenters. The van der Waals surface area contributed by atoms with Gasteiger partial charge in [-0.3, -0.25) is 0 Å². The van der Waals surface area contributed by atoms with Crippen LogP contribution in [0, 0.1) is 0 Å². The Kier molecular flexibility index (Phi) is 2.86. The average Bonchev–Trinajstić information content (AvgIpc) is 2.87. The lowest BCUT2D eigenvalue weighted by Gasteiger charge is -2.12. The van der Waals surface area contributed by atoms with E-state index in [2.05, 4.69) is 64.5 Å². The number of fused-ring (bicyclic) bond motifs is 3. The van der Waals surface area contributed by atoms with Gasteiger partial charge in [-0.15, -0.1) is 0 Å². The maximum atomic E-state index is 5.81. The Bertz CT molecular complexity index is 835. The highest BCUT2D eigenvalue weighted by Gasteiger charge is 2.22. The number of rotatable bonds is 1. The van der Waals surface area contributed by atoms with Crippen molar-refractivity contribution < 1.29 is 0 Å². The van der Waals surface area contributed by atoms with Crippen LogP contribution in [0.5, 0.6) is 0 Å². The van der Waals surface area contributed by atoms with Crippen molar-refractivity contribution in [3.63, 3.8) is 0 Å². The molecule has 0 aliphatic heterocycles. The Morgan fingerprint density at radius 3 is 2.38 bits per heavy atom. The number of anilines is 1. The third kappa shape index (κ3) is 1.98. The van der Waals surface area contributed by atoms with E-state index in [0.717, 1.165) is 16.6 Å². The summed E-state index contributed by atoms with van der Waals surface area (Å²) in [6.07, 6.45) is 0.991. The van der Waals surface area contributed by atoms with E-state index < -0.39 is 0 Å². The molecule has 0 heterocycles. The van der Waals surface area contributed by atoms with Gasteiger partial charge in [0.05, 0.1) is 0 Å². The SMILES string of the molecule is Nc1ccc(-c2c(Br)ccc3c2Cc2ccccc2-3)cc1. The van der Waals surface area contributed by atoms with Gasteiger partial charge < -0.3 is 5.73 Å². The zero-order chi connectivity index (χ0) is 14.4. The summed E-state index contributed by atoms with van der Waals surface area (Å²) in [5.74, 6) is 0. The van der Waals surface area contributed by atoms with Crippen LogP contribution < -0.4 is 5.73 Å². The predicted octanol–water partition coefficient (Wildman–Crippen LogP) is 5.27. The highest BCUT2D eigenvalue weighted by molar-refractivity contribution is 9.10. The molecule has 4 rings (SSSR count). The van der Waals surface area contributed by atoms with Crippen molar-refractivity contribution >= 4 is 21.6 Å². The molecule has 0 saturated carbocycles. The van der Waals surface area contributed by atoms with Gasteiger partial charge in [-0.05, 0) is 52.4 Å². The Morgan fingerprint density at radius 2 is 1.57 bits per heavy atom. The Balaban J connectivity index is 1.96. The second-order valence-corrected chi connectivity index (χ2v) is 6.26. The number of benzene rings is 3. The molecule has 0 amide bonds. The lowest BCUT2D eigenvalue weighted by atomic mass is 9.95. The fourth-order valence-corrected chi connectivity index (χ4v) is 3.75. The molecule has 0 saturated heterocycles. The van der Waals surface area contributed by atoms with Gasteiger partial charge in [0.15, 0.2) is 0 Å². The van der Waals surface area contributed by atoms with Gasteiger partial charge in [0.2, 0.25) is 0 Å². The summed E-state index contributed by atoms with van der Waals surface area (Å²) < 4.78 is 1.14. The summed E-state index contributed by atoms with van der Waals surface area (Å²) in [4.78, 5) is 0. The number of nitrogens with two attached hydrogens (primary N) is 1. The third-order valence-electron chi connectivity index (χ3n) is 4.14. The largest absolute Gasteiger partial charge is 0.399 e. The first-order valence-corrected chi connectivity index (χ1v) is 7.79. The summed E-state index contributed by atoms with van der Waals surface area (Å²) in [6, 6.07) is 21.1. The highest BCUT2D eigenvalue weighted by atomic mass is 79.9. The maximum Gasteiger partial charge on any atom is 0.0314 e. The first-order chi connectivity index (χ1) is 10.2. The lowest BCUT2D eigenvalue weighted by molar-refractivity contribution is 1.26. The molecule has 3 aromatic carbocycles. The first kappa shape index (κ1) is 12.7. The van der Waals surface area contributed by atoms with Crippen molar-refractivity contribution in [3.05, 3.63) is 76.3 Å². The Hall–Kier alpha value is -2.06. The lowest BCUT2D eigenvalue weighted by Crippen LogP contribution is -1.91. The van der Waals surface area contributed by atoms with Gasteiger partial charge in [-0.2, -0.15) is 0 Å². The number of halogens is 1. The smallest absolute Gasteiger partial charge is 0.0314 e. The standard InChI is InChI=1S/C19H14BrN/c20-18-10-9-16-15-4-2-1-3-13(15)11-17(16)19(18)12-5-7-14(21)8-6-12/h1-10H,11,21H2. The number of nitrogen functional groups attached to an aromatic ring is 1. The van der Waals surface area contributed by atoms with Crippen LogP contribution in [-0.4, -0.2) is 0 Å². The highest BCUT2D eigenvalue weighted by Crippen LogP contribution is 2.44. The van der Waals surface area contributed by atoms with Gasteiger partial charge in [0.25, 0.3) is 0 Å². The topological polar surface area (TPSA) is 26.0 Å². The van der Waals surface area contributed by atoms with E-state index in [1.54, 1.807) is 0 Å². The molecule has 1 aliphatic carbocycles. The molecule has 21 heavy (non-hydrogen) atoms. The summed E-state index contributed by atoms with van der Waals surface area (Å²) in [5, 5.41) is 0. The van der Waals surface area contributed by atoms with Crippen molar-refractivity contribution in [2.45, 2.75) is 6.42 Å². The molecule has 0 aromatic heterocycles. The van der Waals surface area contributed by atoms with Crippen molar-refractivity contribution in [1.82, 2.24) is 0 Å². The van der Waals surface area contributed by atoms with Crippen molar-refractivity contribution in [2.24, 2.45) is 0 Å². The molecule has 0 bridgehead atoms. The molecule has 0 spiro atoms.